The quantitative estimate of drug-likeness (QED) is 0.647. The minimum atomic E-state index is 0.0485. The van der Waals surface area contributed by atoms with Crippen LogP contribution in [0.4, 0.5) is 0 Å². The van der Waals surface area contributed by atoms with Gasteiger partial charge < -0.3 is 15.0 Å². The van der Waals surface area contributed by atoms with Crippen LogP contribution in [0.2, 0.25) is 0 Å². The van der Waals surface area contributed by atoms with Crippen LogP contribution in [0.15, 0.2) is 0 Å². The second-order valence-corrected chi connectivity index (χ2v) is 4.83. The van der Waals surface area contributed by atoms with Gasteiger partial charge in [0, 0.05) is 26.3 Å². The molecule has 1 N–H and O–H groups in total. The van der Waals surface area contributed by atoms with Gasteiger partial charge in [0.1, 0.15) is 0 Å². The first-order valence-corrected chi connectivity index (χ1v) is 6.35. The third kappa shape index (κ3) is 3.19. The Morgan fingerprint density at radius 1 is 1.44 bits per heavy atom. The van der Waals surface area contributed by atoms with Crippen molar-refractivity contribution in [2.24, 2.45) is 5.92 Å². The maximum absolute atomic E-state index is 11.7. The van der Waals surface area contributed by atoms with Crippen LogP contribution in [0.25, 0.3) is 0 Å². The largest absolute Gasteiger partial charge is 0.381 e. The summed E-state index contributed by atoms with van der Waals surface area (Å²) in [7, 11) is 1.85. The molecular formula is C12H22N2O2. The molecule has 4 heteroatoms. The Balaban J connectivity index is 1.53. The first kappa shape index (κ1) is 11.9. The summed E-state index contributed by atoms with van der Waals surface area (Å²) in [6.45, 7) is 3.46. The van der Waals surface area contributed by atoms with Gasteiger partial charge in [-0.05, 0) is 38.6 Å². The topological polar surface area (TPSA) is 41.6 Å². The molecule has 1 saturated carbocycles. The smallest absolute Gasteiger partial charge is 0.239 e. The lowest BCUT2D eigenvalue weighted by atomic mass is 10.3. The van der Waals surface area contributed by atoms with Gasteiger partial charge >= 0.3 is 0 Å². The fourth-order valence-corrected chi connectivity index (χ4v) is 2.12. The highest BCUT2D eigenvalue weighted by atomic mass is 16.5. The molecule has 0 aromatic rings. The lowest BCUT2D eigenvalue weighted by Crippen LogP contribution is -2.36. The molecule has 2 fully saturated rings. The van der Waals surface area contributed by atoms with Gasteiger partial charge in [-0.15, -0.1) is 0 Å². The van der Waals surface area contributed by atoms with E-state index in [4.69, 9.17) is 4.74 Å². The van der Waals surface area contributed by atoms with Gasteiger partial charge in [0.2, 0.25) is 5.91 Å². The van der Waals surface area contributed by atoms with Crippen molar-refractivity contribution in [1.29, 1.82) is 0 Å². The van der Waals surface area contributed by atoms with E-state index in [1.165, 1.54) is 12.8 Å². The fraction of sp³-hybridized carbons (Fsp3) is 0.917. The Morgan fingerprint density at radius 3 is 2.88 bits per heavy atom. The predicted octanol–water partition coefficient (Wildman–Crippen LogP) is 0.623. The number of nitrogens with zero attached hydrogens (tertiary/aromatic N) is 1. The Morgan fingerprint density at radius 2 is 2.25 bits per heavy atom. The molecule has 2 rings (SSSR count). The van der Waals surface area contributed by atoms with Crippen molar-refractivity contribution in [3.8, 4) is 0 Å². The number of rotatable bonds is 7. The minimum Gasteiger partial charge on any atom is -0.381 e. The number of amides is 1. The number of likely N-dealkylation sites (N-methyl/N-ethyl adjacent to an activating group) is 1. The van der Waals surface area contributed by atoms with Gasteiger partial charge in [0.15, 0.2) is 0 Å². The summed E-state index contributed by atoms with van der Waals surface area (Å²) in [5.41, 5.74) is 0. The first-order chi connectivity index (χ1) is 7.81. The third-order valence-electron chi connectivity index (χ3n) is 3.41. The molecule has 0 aromatic carbocycles. The molecular weight excluding hydrogens is 204 g/mol. The molecule has 4 nitrogen and oxygen atoms in total. The number of likely N-dealkylation sites (tertiary alicyclic amines) is 1. The van der Waals surface area contributed by atoms with Crippen LogP contribution in [-0.2, 0) is 9.53 Å². The average Bonchev–Trinajstić information content (AvgIpc) is 3.04. The van der Waals surface area contributed by atoms with E-state index in [0.29, 0.717) is 0 Å². The van der Waals surface area contributed by atoms with Crippen LogP contribution in [0.1, 0.15) is 25.7 Å². The summed E-state index contributed by atoms with van der Waals surface area (Å²) in [5, 5.41) is 3.05. The maximum atomic E-state index is 11.7. The Bertz CT molecular complexity index is 241. The zero-order valence-corrected chi connectivity index (χ0v) is 10.1. The molecule has 1 aliphatic carbocycles. The van der Waals surface area contributed by atoms with Crippen molar-refractivity contribution < 1.29 is 9.53 Å². The second-order valence-electron chi connectivity index (χ2n) is 4.83. The van der Waals surface area contributed by atoms with E-state index in [1.54, 1.807) is 0 Å². The van der Waals surface area contributed by atoms with E-state index >= 15 is 0 Å². The zero-order valence-electron chi connectivity index (χ0n) is 10.1. The van der Waals surface area contributed by atoms with Crippen molar-refractivity contribution in [1.82, 2.24) is 10.2 Å². The molecule has 0 radical (unpaired) electrons. The van der Waals surface area contributed by atoms with Gasteiger partial charge in [-0.25, -0.2) is 0 Å². The van der Waals surface area contributed by atoms with Crippen LogP contribution in [0, 0.1) is 5.92 Å². The summed E-state index contributed by atoms with van der Waals surface area (Å²) < 4.78 is 5.55. The van der Waals surface area contributed by atoms with Gasteiger partial charge in [0.05, 0.1) is 6.04 Å². The average molecular weight is 226 g/mol. The summed E-state index contributed by atoms with van der Waals surface area (Å²) in [6.07, 6.45) is 4.59. The highest BCUT2D eigenvalue weighted by molar-refractivity contribution is 5.83. The molecule has 0 spiro atoms. The SMILES string of the molecule is CNC1CCN(CCCOCC2CC2)C1=O. The minimum absolute atomic E-state index is 0.0485. The summed E-state index contributed by atoms with van der Waals surface area (Å²) >= 11 is 0. The van der Waals surface area contributed by atoms with Crippen molar-refractivity contribution in [3.63, 3.8) is 0 Å². The van der Waals surface area contributed by atoms with Crippen LogP contribution in [0.3, 0.4) is 0 Å². The lowest BCUT2D eigenvalue weighted by molar-refractivity contribution is -0.129. The zero-order chi connectivity index (χ0) is 11.4. The highest BCUT2D eigenvalue weighted by Crippen LogP contribution is 2.28. The molecule has 1 heterocycles. The van der Waals surface area contributed by atoms with Gasteiger partial charge in [-0.1, -0.05) is 0 Å². The van der Waals surface area contributed by atoms with E-state index in [-0.39, 0.29) is 11.9 Å². The number of ether oxygens (including phenoxy) is 1. The van der Waals surface area contributed by atoms with Gasteiger partial charge in [-0.3, -0.25) is 4.79 Å². The van der Waals surface area contributed by atoms with E-state index in [1.807, 2.05) is 11.9 Å². The molecule has 0 bridgehead atoms. The Labute approximate surface area is 97.3 Å². The number of nitrogens with one attached hydrogen (secondary N) is 1. The van der Waals surface area contributed by atoms with Crippen molar-refractivity contribution in [2.75, 3.05) is 33.4 Å². The van der Waals surface area contributed by atoms with Crippen molar-refractivity contribution in [2.45, 2.75) is 31.7 Å². The molecule has 1 atom stereocenters. The Kier molecular flexibility index (Phi) is 4.18. The first-order valence-electron chi connectivity index (χ1n) is 6.35. The van der Waals surface area contributed by atoms with E-state index in [0.717, 1.165) is 45.1 Å². The lowest BCUT2D eigenvalue weighted by Gasteiger charge is -2.16. The van der Waals surface area contributed by atoms with Gasteiger partial charge in [-0.2, -0.15) is 0 Å². The van der Waals surface area contributed by atoms with Crippen LogP contribution in [-0.4, -0.2) is 50.2 Å². The standard InChI is InChI=1S/C12H22N2O2/c1-13-11-5-7-14(12(11)15)6-2-8-16-9-10-3-4-10/h10-11,13H,2-9H2,1H3. The fourth-order valence-electron chi connectivity index (χ4n) is 2.12. The molecule has 16 heavy (non-hydrogen) atoms. The van der Waals surface area contributed by atoms with Crippen LogP contribution < -0.4 is 5.32 Å². The summed E-state index contributed by atoms with van der Waals surface area (Å²) in [4.78, 5) is 13.7. The molecule has 2 aliphatic rings. The number of carbonyl (C=O) groups is 1. The number of hydrogen-bond donors (Lipinski definition) is 1. The molecule has 0 aromatic heterocycles. The molecule has 1 unspecified atom stereocenters. The maximum Gasteiger partial charge on any atom is 0.239 e. The summed E-state index contributed by atoms with van der Waals surface area (Å²) in [6, 6.07) is 0.0485. The van der Waals surface area contributed by atoms with Crippen LogP contribution in [0.5, 0.6) is 0 Å². The van der Waals surface area contributed by atoms with Crippen molar-refractivity contribution in [3.05, 3.63) is 0 Å². The molecule has 1 amide bonds. The van der Waals surface area contributed by atoms with E-state index in [2.05, 4.69) is 5.32 Å². The second kappa shape index (κ2) is 5.64. The van der Waals surface area contributed by atoms with Crippen LogP contribution >= 0.6 is 0 Å². The third-order valence-corrected chi connectivity index (χ3v) is 3.41. The number of hydrogen-bond acceptors (Lipinski definition) is 3. The molecule has 92 valence electrons. The molecule has 1 saturated heterocycles. The monoisotopic (exact) mass is 226 g/mol. The highest BCUT2D eigenvalue weighted by Gasteiger charge is 2.29. The predicted molar refractivity (Wildman–Crippen MR) is 62.2 cm³/mol. The Hall–Kier alpha value is -0.610. The van der Waals surface area contributed by atoms with Crippen molar-refractivity contribution >= 4 is 5.91 Å². The van der Waals surface area contributed by atoms with E-state index in [9.17, 15) is 4.79 Å². The summed E-state index contributed by atoms with van der Waals surface area (Å²) in [5.74, 6) is 1.09. The number of carbonyl (C=O) groups excluding carboxylic acids is 1. The normalized spacial score (nSPS) is 25.4. The van der Waals surface area contributed by atoms with Gasteiger partial charge in [0.25, 0.3) is 0 Å². The molecule has 1 aliphatic heterocycles. The van der Waals surface area contributed by atoms with E-state index < -0.39 is 0 Å².